The summed E-state index contributed by atoms with van der Waals surface area (Å²) in [6, 6.07) is 0. The molecule has 1 saturated heterocycles. The number of carboxylic acid groups (broad SMARTS) is 1. The minimum Gasteiger partial charge on any atom is -0.465 e. The number of nitrogens with two attached hydrogens (primary N) is 1. The van der Waals surface area contributed by atoms with Crippen molar-refractivity contribution in [2.75, 3.05) is 13.1 Å². The highest BCUT2D eigenvalue weighted by atomic mass is 16.4. The number of piperidine rings is 1. The number of likely N-dealkylation sites (tertiary alicyclic amines) is 1. The lowest BCUT2D eigenvalue weighted by molar-refractivity contribution is 0.0907. The number of rotatable bonds is 3. The van der Waals surface area contributed by atoms with Gasteiger partial charge < -0.3 is 20.9 Å². The molecule has 1 fully saturated rings. The highest BCUT2D eigenvalue weighted by Gasteiger charge is 2.34. The molecule has 0 unspecified atom stereocenters. The minimum atomic E-state index is -0.849. The molecule has 4 N–H and O–H groups in total. The lowest BCUT2D eigenvalue weighted by Gasteiger charge is -2.39. The first-order chi connectivity index (χ1) is 7.86. The minimum absolute atomic E-state index is 0.0685. The molecule has 0 saturated carbocycles. The van der Waals surface area contributed by atoms with Gasteiger partial charge in [0.1, 0.15) is 5.84 Å². The monoisotopic (exact) mass is 243 g/mol. The molecule has 17 heavy (non-hydrogen) atoms. The van der Waals surface area contributed by atoms with Crippen LogP contribution in [0.15, 0.2) is 5.16 Å². The molecule has 6 heteroatoms. The third-order valence-electron chi connectivity index (χ3n) is 3.64. The van der Waals surface area contributed by atoms with E-state index in [2.05, 4.69) is 19.0 Å². The molecule has 0 atom stereocenters. The molecule has 1 amide bonds. The zero-order chi connectivity index (χ0) is 13.1. The molecule has 0 spiro atoms. The van der Waals surface area contributed by atoms with Crippen molar-refractivity contribution in [3.05, 3.63) is 0 Å². The van der Waals surface area contributed by atoms with Gasteiger partial charge in [0.05, 0.1) is 0 Å². The van der Waals surface area contributed by atoms with Crippen LogP contribution in [0.25, 0.3) is 0 Å². The van der Waals surface area contributed by atoms with E-state index in [0.717, 1.165) is 12.8 Å². The highest BCUT2D eigenvalue weighted by molar-refractivity contribution is 5.80. The number of hydrogen-bond acceptors (Lipinski definition) is 3. The summed E-state index contributed by atoms with van der Waals surface area (Å²) in [6.45, 7) is 5.29. The Morgan fingerprint density at radius 1 is 1.47 bits per heavy atom. The first-order valence-corrected chi connectivity index (χ1v) is 5.81. The fraction of sp³-hybridized carbons (Fsp3) is 0.818. The van der Waals surface area contributed by atoms with Crippen molar-refractivity contribution in [3.63, 3.8) is 0 Å². The van der Waals surface area contributed by atoms with Crippen molar-refractivity contribution >= 4 is 11.9 Å². The summed E-state index contributed by atoms with van der Waals surface area (Å²) in [4.78, 5) is 12.2. The SMILES string of the molecule is CC(C)(C/C(N)=N/O)C1CCN(C(=O)O)CC1. The fourth-order valence-electron chi connectivity index (χ4n) is 2.50. The van der Waals surface area contributed by atoms with Crippen LogP contribution in [0.1, 0.15) is 33.1 Å². The van der Waals surface area contributed by atoms with E-state index in [1.54, 1.807) is 0 Å². The molecule has 1 aliphatic rings. The van der Waals surface area contributed by atoms with E-state index in [9.17, 15) is 4.79 Å². The maximum absolute atomic E-state index is 10.8. The Bertz CT molecular complexity index is 307. The molecule has 0 aromatic rings. The summed E-state index contributed by atoms with van der Waals surface area (Å²) in [5.74, 6) is 0.633. The van der Waals surface area contributed by atoms with Crippen LogP contribution in [-0.4, -0.2) is 40.2 Å². The van der Waals surface area contributed by atoms with Gasteiger partial charge in [-0.15, -0.1) is 0 Å². The summed E-state index contributed by atoms with van der Waals surface area (Å²) >= 11 is 0. The van der Waals surface area contributed by atoms with Gasteiger partial charge in [0, 0.05) is 19.5 Å². The quantitative estimate of drug-likeness (QED) is 0.303. The Hall–Kier alpha value is -1.46. The lowest BCUT2D eigenvalue weighted by atomic mass is 9.71. The van der Waals surface area contributed by atoms with Crippen molar-refractivity contribution in [1.82, 2.24) is 4.90 Å². The molecule has 0 aromatic carbocycles. The van der Waals surface area contributed by atoms with Gasteiger partial charge in [0.2, 0.25) is 0 Å². The second kappa shape index (κ2) is 5.25. The van der Waals surface area contributed by atoms with Crippen LogP contribution in [0.5, 0.6) is 0 Å². The third-order valence-corrected chi connectivity index (χ3v) is 3.64. The standard InChI is InChI=1S/C11H21N3O3/c1-11(2,7-9(12)13-17)8-3-5-14(6-4-8)10(15)16/h8,17H,3-7H2,1-2H3,(H2,12,13)(H,15,16). The Morgan fingerprint density at radius 2 is 2.00 bits per heavy atom. The molecule has 0 aliphatic carbocycles. The largest absolute Gasteiger partial charge is 0.465 e. The van der Waals surface area contributed by atoms with E-state index < -0.39 is 6.09 Å². The first-order valence-electron chi connectivity index (χ1n) is 5.81. The molecule has 98 valence electrons. The van der Waals surface area contributed by atoms with Crippen molar-refractivity contribution in [1.29, 1.82) is 0 Å². The van der Waals surface area contributed by atoms with Gasteiger partial charge in [0.25, 0.3) is 0 Å². The molecular weight excluding hydrogens is 222 g/mol. The van der Waals surface area contributed by atoms with Gasteiger partial charge in [-0.05, 0) is 24.2 Å². The van der Waals surface area contributed by atoms with Crippen LogP contribution in [0.3, 0.4) is 0 Å². The van der Waals surface area contributed by atoms with E-state index in [1.807, 2.05) is 0 Å². The second-order valence-corrected chi connectivity index (χ2v) is 5.30. The van der Waals surface area contributed by atoms with Crippen LogP contribution in [0.2, 0.25) is 0 Å². The van der Waals surface area contributed by atoms with Gasteiger partial charge in [-0.1, -0.05) is 19.0 Å². The Labute approximate surface area is 101 Å². The maximum Gasteiger partial charge on any atom is 0.407 e. The molecule has 1 rings (SSSR count). The normalized spacial score (nSPS) is 19.4. The van der Waals surface area contributed by atoms with Crippen LogP contribution >= 0.6 is 0 Å². The molecular formula is C11H21N3O3. The molecule has 1 aliphatic heterocycles. The number of oxime groups is 1. The van der Waals surface area contributed by atoms with E-state index in [4.69, 9.17) is 16.0 Å². The number of amidine groups is 1. The molecule has 1 heterocycles. The Balaban J connectivity index is 2.55. The molecule has 6 nitrogen and oxygen atoms in total. The maximum atomic E-state index is 10.8. The van der Waals surface area contributed by atoms with Crippen molar-refractivity contribution < 1.29 is 15.1 Å². The zero-order valence-corrected chi connectivity index (χ0v) is 10.4. The van der Waals surface area contributed by atoms with Gasteiger partial charge >= 0.3 is 6.09 Å². The average Bonchev–Trinajstić information content (AvgIpc) is 2.28. The van der Waals surface area contributed by atoms with Gasteiger partial charge in [-0.25, -0.2) is 4.79 Å². The van der Waals surface area contributed by atoms with Crippen LogP contribution in [-0.2, 0) is 0 Å². The highest BCUT2D eigenvalue weighted by Crippen LogP contribution is 2.37. The number of nitrogens with zero attached hydrogens (tertiary/aromatic N) is 2. The van der Waals surface area contributed by atoms with Crippen molar-refractivity contribution in [3.8, 4) is 0 Å². The predicted molar refractivity (Wildman–Crippen MR) is 64.1 cm³/mol. The lowest BCUT2D eigenvalue weighted by Crippen LogP contribution is -2.42. The van der Waals surface area contributed by atoms with Crippen molar-refractivity contribution in [2.45, 2.75) is 33.1 Å². The van der Waals surface area contributed by atoms with Crippen LogP contribution in [0, 0.1) is 11.3 Å². The summed E-state index contributed by atoms with van der Waals surface area (Å²) in [5, 5.41) is 20.5. The molecule has 0 aromatic heterocycles. The topological polar surface area (TPSA) is 99.2 Å². The summed E-state index contributed by atoms with van der Waals surface area (Å²) in [7, 11) is 0. The molecule has 0 bridgehead atoms. The summed E-state index contributed by atoms with van der Waals surface area (Å²) in [5.41, 5.74) is 5.47. The van der Waals surface area contributed by atoms with E-state index in [0.29, 0.717) is 25.4 Å². The van der Waals surface area contributed by atoms with Gasteiger partial charge in [-0.3, -0.25) is 0 Å². The van der Waals surface area contributed by atoms with E-state index >= 15 is 0 Å². The van der Waals surface area contributed by atoms with Gasteiger partial charge in [0.15, 0.2) is 0 Å². The van der Waals surface area contributed by atoms with Gasteiger partial charge in [-0.2, -0.15) is 0 Å². The number of carbonyl (C=O) groups is 1. The Kier molecular flexibility index (Phi) is 4.20. The number of hydrogen-bond donors (Lipinski definition) is 3. The van der Waals surface area contributed by atoms with Crippen molar-refractivity contribution in [2.24, 2.45) is 22.2 Å². The van der Waals surface area contributed by atoms with E-state index in [-0.39, 0.29) is 11.3 Å². The second-order valence-electron chi connectivity index (χ2n) is 5.30. The molecule has 0 radical (unpaired) electrons. The zero-order valence-electron chi connectivity index (χ0n) is 10.4. The first kappa shape index (κ1) is 13.6. The summed E-state index contributed by atoms with van der Waals surface area (Å²) in [6.07, 6.45) is 1.34. The fourth-order valence-corrected chi connectivity index (χ4v) is 2.50. The Morgan fingerprint density at radius 3 is 2.41 bits per heavy atom. The third kappa shape index (κ3) is 3.51. The van der Waals surface area contributed by atoms with Crippen LogP contribution in [0.4, 0.5) is 4.79 Å². The van der Waals surface area contributed by atoms with Crippen LogP contribution < -0.4 is 5.73 Å². The smallest absolute Gasteiger partial charge is 0.407 e. The average molecular weight is 243 g/mol. The van der Waals surface area contributed by atoms with E-state index in [1.165, 1.54) is 4.90 Å². The number of amides is 1. The predicted octanol–water partition coefficient (Wildman–Crippen LogP) is 1.54. The summed E-state index contributed by atoms with van der Waals surface area (Å²) < 4.78 is 0.